The number of ether oxygens (including phenoxy) is 1. The maximum Gasteiger partial charge on any atom is 0.241 e. The molecular weight excluding hydrogens is 452 g/mol. The first-order chi connectivity index (χ1) is 16.6. The van der Waals surface area contributed by atoms with Crippen LogP contribution in [0.3, 0.4) is 0 Å². The third kappa shape index (κ3) is 4.98. The number of thioether (sulfide) groups is 1. The largest absolute Gasteiger partial charge is 0.497 e. The smallest absolute Gasteiger partial charge is 0.241 e. The van der Waals surface area contributed by atoms with Crippen molar-refractivity contribution in [2.24, 2.45) is 0 Å². The van der Waals surface area contributed by atoms with Gasteiger partial charge in [0.15, 0.2) is 0 Å². The summed E-state index contributed by atoms with van der Waals surface area (Å²) in [5, 5.41) is 13.6. The maximum absolute atomic E-state index is 12.9. The van der Waals surface area contributed by atoms with Crippen molar-refractivity contribution in [2.45, 2.75) is 36.4 Å². The highest BCUT2D eigenvalue weighted by molar-refractivity contribution is 8.00. The van der Waals surface area contributed by atoms with Crippen molar-refractivity contribution in [3.8, 4) is 5.75 Å². The summed E-state index contributed by atoms with van der Waals surface area (Å²) in [6, 6.07) is 11.4. The van der Waals surface area contributed by atoms with Crippen LogP contribution in [0.15, 0.2) is 47.5 Å². The molecule has 2 amide bonds. The quantitative estimate of drug-likeness (QED) is 0.427. The normalized spacial score (nSPS) is 19.9. The van der Waals surface area contributed by atoms with Crippen molar-refractivity contribution in [3.05, 3.63) is 48.3 Å². The minimum absolute atomic E-state index is 0.0187. The summed E-state index contributed by atoms with van der Waals surface area (Å²) >= 11 is 1.50. The Labute approximate surface area is 201 Å². The number of benzene rings is 1. The topological polar surface area (TPSA) is 117 Å². The lowest BCUT2D eigenvalue weighted by Crippen LogP contribution is -2.52. The van der Waals surface area contributed by atoms with Crippen LogP contribution in [0.1, 0.15) is 18.5 Å². The van der Waals surface area contributed by atoms with Crippen molar-refractivity contribution in [3.63, 3.8) is 0 Å². The SMILES string of the molecule is COc1ccc2nccc(NC(=O)C3CCC(NCc4ccc5c(n4)NC(=O)CS5)CN3)c2c1. The molecule has 1 saturated heterocycles. The van der Waals surface area contributed by atoms with Crippen LogP contribution in [0.4, 0.5) is 11.5 Å². The number of piperidine rings is 1. The van der Waals surface area contributed by atoms with E-state index in [1.54, 1.807) is 19.4 Å². The number of nitrogens with zero attached hydrogens (tertiary/aromatic N) is 2. The van der Waals surface area contributed by atoms with Crippen LogP contribution in [0.2, 0.25) is 0 Å². The first-order valence-corrected chi connectivity index (χ1v) is 12.2. The number of pyridine rings is 2. The number of fused-ring (bicyclic) bond motifs is 2. The number of rotatable bonds is 6. The number of aromatic nitrogens is 2. The monoisotopic (exact) mass is 478 g/mol. The third-order valence-electron chi connectivity index (χ3n) is 6.04. The summed E-state index contributed by atoms with van der Waals surface area (Å²) in [5.41, 5.74) is 2.40. The Morgan fingerprint density at radius 1 is 1.24 bits per heavy atom. The van der Waals surface area contributed by atoms with Crippen molar-refractivity contribution < 1.29 is 14.3 Å². The second-order valence-corrected chi connectivity index (χ2v) is 9.35. The van der Waals surface area contributed by atoms with E-state index in [0.29, 0.717) is 24.7 Å². The second-order valence-electron chi connectivity index (χ2n) is 8.33. The molecule has 0 spiro atoms. The van der Waals surface area contributed by atoms with Gasteiger partial charge in [0.2, 0.25) is 11.8 Å². The van der Waals surface area contributed by atoms with E-state index in [1.807, 2.05) is 30.3 Å². The molecule has 0 radical (unpaired) electrons. The molecule has 4 heterocycles. The average Bonchev–Trinajstić information content (AvgIpc) is 2.87. The fourth-order valence-electron chi connectivity index (χ4n) is 4.19. The first-order valence-electron chi connectivity index (χ1n) is 11.2. The molecular formula is C24H26N6O3S. The number of amides is 2. The molecule has 1 aromatic carbocycles. The molecule has 2 aromatic heterocycles. The minimum atomic E-state index is -0.263. The predicted octanol–water partition coefficient (Wildman–Crippen LogP) is 2.53. The number of hydrogen-bond donors (Lipinski definition) is 4. The molecule has 3 aromatic rings. The first kappa shape index (κ1) is 22.6. The van der Waals surface area contributed by atoms with Gasteiger partial charge in [0.1, 0.15) is 11.6 Å². The summed E-state index contributed by atoms with van der Waals surface area (Å²) in [6.07, 6.45) is 3.28. The minimum Gasteiger partial charge on any atom is -0.497 e. The van der Waals surface area contributed by atoms with Gasteiger partial charge in [-0.2, -0.15) is 0 Å². The van der Waals surface area contributed by atoms with Crippen LogP contribution in [0, 0.1) is 0 Å². The van der Waals surface area contributed by atoms with Gasteiger partial charge in [-0.3, -0.25) is 14.6 Å². The van der Waals surface area contributed by atoms with Crippen LogP contribution in [0.5, 0.6) is 5.75 Å². The van der Waals surface area contributed by atoms with Gasteiger partial charge in [-0.1, -0.05) is 0 Å². The fraction of sp³-hybridized carbons (Fsp3) is 0.333. The molecule has 0 saturated carbocycles. The lowest BCUT2D eigenvalue weighted by atomic mass is 10.00. The standard InChI is InChI=1S/C24H26N6O3S/c1-33-16-4-6-18-17(10-16)19(8-9-25-18)29-24(32)20-5-2-14(11-27-20)26-12-15-3-7-21-23(28-15)30-22(31)13-34-21/h3-4,6-10,14,20,26-27H,2,5,11-13H2,1H3,(H,25,29,32)(H,28,30,31). The van der Waals surface area contributed by atoms with Gasteiger partial charge in [0, 0.05) is 30.7 Å². The number of carbonyl (C=O) groups excluding carboxylic acids is 2. The number of hydrogen-bond acceptors (Lipinski definition) is 8. The summed E-state index contributed by atoms with van der Waals surface area (Å²) in [6.45, 7) is 1.28. The molecule has 34 heavy (non-hydrogen) atoms. The fourth-order valence-corrected chi connectivity index (χ4v) is 4.94. The van der Waals surface area contributed by atoms with E-state index in [9.17, 15) is 9.59 Å². The highest BCUT2D eigenvalue weighted by atomic mass is 32.2. The Balaban J connectivity index is 1.14. The van der Waals surface area contributed by atoms with E-state index >= 15 is 0 Å². The molecule has 0 aliphatic carbocycles. The Bertz CT molecular complexity index is 1230. The molecule has 2 aliphatic heterocycles. The number of anilines is 2. The Hall–Kier alpha value is -3.21. The molecule has 1 fully saturated rings. The van der Waals surface area contributed by atoms with Crippen molar-refractivity contribution in [2.75, 3.05) is 30.0 Å². The highest BCUT2D eigenvalue weighted by Crippen LogP contribution is 2.30. The molecule has 176 valence electrons. The Morgan fingerprint density at radius 2 is 2.15 bits per heavy atom. The third-order valence-corrected chi connectivity index (χ3v) is 7.09. The van der Waals surface area contributed by atoms with E-state index in [-0.39, 0.29) is 23.9 Å². The van der Waals surface area contributed by atoms with Crippen LogP contribution >= 0.6 is 11.8 Å². The van der Waals surface area contributed by atoms with E-state index < -0.39 is 0 Å². The maximum atomic E-state index is 12.9. The molecule has 0 bridgehead atoms. The van der Waals surface area contributed by atoms with Gasteiger partial charge in [-0.25, -0.2) is 4.98 Å². The molecule has 4 N–H and O–H groups in total. The van der Waals surface area contributed by atoms with Crippen LogP contribution in [-0.4, -0.2) is 53.3 Å². The number of methoxy groups -OCH3 is 1. The van der Waals surface area contributed by atoms with Gasteiger partial charge in [-0.05, 0) is 49.2 Å². The Kier molecular flexibility index (Phi) is 6.61. The molecule has 10 heteroatoms. The zero-order chi connectivity index (χ0) is 23.5. The van der Waals surface area contributed by atoms with E-state index in [2.05, 4.69) is 31.2 Å². The second kappa shape index (κ2) is 9.96. The van der Waals surface area contributed by atoms with Gasteiger partial charge < -0.3 is 26.0 Å². The van der Waals surface area contributed by atoms with Crippen molar-refractivity contribution >= 4 is 46.0 Å². The number of nitrogens with one attached hydrogen (secondary N) is 4. The van der Waals surface area contributed by atoms with Gasteiger partial charge in [-0.15, -0.1) is 11.8 Å². The molecule has 9 nitrogen and oxygen atoms in total. The lowest BCUT2D eigenvalue weighted by molar-refractivity contribution is -0.118. The molecule has 5 rings (SSSR count). The van der Waals surface area contributed by atoms with E-state index in [1.165, 1.54) is 11.8 Å². The summed E-state index contributed by atoms with van der Waals surface area (Å²) in [5.74, 6) is 1.71. The average molecular weight is 479 g/mol. The van der Waals surface area contributed by atoms with Crippen LogP contribution < -0.4 is 26.0 Å². The van der Waals surface area contributed by atoms with Crippen molar-refractivity contribution in [1.29, 1.82) is 0 Å². The van der Waals surface area contributed by atoms with Crippen LogP contribution in [-0.2, 0) is 16.1 Å². The predicted molar refractivity (Wildman–Crippen MR) is 132 cm³/mol. The summed E-state index contributed by atoms with van der Waals surface area (Å²) in [4.78, 5) is 34.4. The molecule has 2 unspecified atom stereocenters. The van der Waals surface area contributed by atoms with E-state index in [4.69, 9.17) is 4.74 Å². The Morgan fingerprint density at radius 3 is 2.97 bits per heavy atom. The molecule has 2 aliphatic rings. The van der Waals surface area contributed by atoms with E-state index in [0.717, 1.165) is 45.8 Å². The van der Waals surface area contributed by atoms with Crippen LogP contribution in [0.25, 0.3) is 10.9 Å². The lowest BCUT2D eigenvalue weighted by Gasteiger charge is -2.30. The highest BCUT2D eigenvalue weighted by Gasteiger charge is 2.26. The van der Waals surface area contributed by atoms with Crippen molar-refractivity contribution in [1.82, 2.24) is 20.6 Å². The summed E-state index contributed by atoms with van der Waals surface area (Å²) in [7, 11) is 1.62. The zero-order valence-corrected chi connectivity index (χ0v) is 19.6. The number of carbonyl (C=O) groups is 2. The summed E-state index contributed by atoms with van der Waals surface area (Å²) < 4.78 is 5.31. The molecule has 2 atom stereocenters. The van der Waals surface area contributed by atoms with Gasteiger partial charge in [0.25, 0.3) is 0 Å². The zero-order valence-electron chi connectivity index (χ0n) is 18.8. The van der Waals surface area contributed by atoms with Gasteiger partial charge in [0.05, 0.1) is 40.7 Å². The van der Waals surface area contributed by atoms with Gasteiger partial charge >= 0.3 is 0 Å².